The van der Waals surface area contributed by atoms with Gasteiger partial charge in [-0.15, -0.1) is 0 Å². The molecule has 27 heavy (non-hydrogen) atoms. The van der Waals surface area contributed by atoms with Gasteiger partial charge >= 0.3 is 18.3 Å². The second-order valence-corrected chi connectivity index (χ2v) is 5.12. The first-order chi connectivity index (χ1) is 12.3. The molecule has 0 radical (unpaired) electrons. The van der Waals surface area contributed by atoms with Crippen LogP contribution in [0.2, 0.25) is 0 Å². The van der Waals surface area contributed by atoms with E-state index in [1.54, 1.807) is 0 Å². The van der Waals surface area contributed by atoms with Crippen molar-refractivity contribution in [3.63, 3.8) is 0 Å². The second kappa shape index (κ2) is 8.17. The first kappa shape index (κ1) is 22.8. The number of ether oxygens (including phenoxy) is 1. The Morgan fingerprint density at radius 1 is 1.15 bits per heavy atom. The van der Waals surface area contributed by atoms with Crippen LogP contribution in [-0.4, -0.2) is 29.4 Å². The van der Waals surface area contributed by atoms with Gasteiger partial charge in [0.15, 0.2) is 5.69 Å². The van der Waals surface area contributed by atoms with E-state index >= 15 is 0 Å². The van der Waals surface area contributed by atoms with Crippen LogP contribution in [0, 0.1) is 0 Å². The summed E-state index contributed by atoms with van der Waals surface area (Å²) in [7, 11) is 0. The number of aliphatic imine (C=N–C) groups is 1. The van der Waals surface area contributed by atoms with Crippen LogP contribution in [0.4, 0.5) is 40.8 Å². The molecular weight excluding hydrogens is 392 g/mol. The summed E-state index contributed by atoms with van der Waals surface area (Å²) in [4.78, 5) is 17.8. The molecule has 0 fully saturated rings. The summed E-state index contributed by atoms with van der Waals surface area (Å²) < 4.78 is 109. The highest BCUT2D eigenvalue weighted by atomic mass is 19.4. The van der Waals surface area contributed by atoms with E-state index in [2.05, 4.69) is 14.7 Å². The van der Waals surface area contributed by atoms with E-state index in [-0.39, 0.29) is 6.61 Å². The van der Waals surface area contributed by atoms with Crippen molar-refractivity contribution in [2.45, 2.75) is 46.0 Å². The number of carbonyl (C=O) groups is 1. The summed E-state index contributed by atoms with van der Waals surface area (Å²) in [5.41, 5.74) is -8.26. The highest BCUT2D eigenvalue weighted by Crippen LogP contribution is 2.41. The van der Waals surface area contributed by atoms with Crippen LogP contribution in [0.1, 0.15) is 54.5 Å². The Balaban J connectivity index is 4.02. The third kappa shape index (κ3) is 5.13. The van der Waals surface area contributed by atoms with E-state index in [1.165, 1.54) is 13.8 Å². The van der Waals surface area contributed by atoms with Gasteiger partial charge in [0.1, 0.15) is 11.4 Å². The van der Waals surface area contributed by atoms with E-state index < -0.39 is 65.1 Å². The third-order valence-corrected chi connectivity index (χ3v) is 3.30. The van der Waals surface area contributed by atoms with Gasteiger partial charge in [0, 0.05) is 0 Å². The number of alkyl halides is 8. The van der Waals surface area contributed by atoms with Gasteiger partial charge in [-0.05, 0) is 25.8 Å². The highest BCUT2D eigenvalue weighted by Gasteiger charge is 2.42. The van der Waals surface area contributed by atoms with Crippen LogP contribution in [0.15, 0.2) is 4.99 Å². The number of esters is 1. The Bertz CT molecular complexity index is 739. The summed E-state index contributed by atoms with van der Waals surface area (Å²) in [5, 5.41) is 0. The Morgan fingerprint density at radius 3 is 2.07 bits per heavy atom. The van der Waals surface area contributed by atoms with E-state index in [1.807, 2.05) is 0 Å². The van der Waals surface area contributed by atoms with Gasteiger partial charge < -0.3 is 4.74 Å². The number of carbonyl (C=O) groups excluding carboxylic acids is 1. The van der Waals surface area contributed by atoms with Crippen LogP contribution in [0.3, 0.4) is 0 Å². The van der Waals surface area contributed by atoms with Gasteiger partial charge in [0.2, 0.25) is 0 Å². The monoisotopic (exact) mass is 406 g/mol. The molecule has 0 aromatic carbocycles. The Morgan fingerprint density at radius 2 is 1.70 bits per heavy atom. The number of nitrogens with zero attached hydrogens (tertiary/aromatic N) is 2. The highest BCUT2D eigenvalue weighted by molar-refractivity contribution is 5.96. The van der Waals surface area contributed by atoms with Crippen molar-refractivity contribution in [2.75, 3.05) is 6.61 Å². The number of aromatic nitrogens is 1. The summed E-state index contributed by atoms with van der Waals surface area (Å²) in [5.74, 6) is -1.55. The van der Waals surface area contributed by atoms with Crippen LogP contribution in [0.5, 0.6) is 0 Å². The standard InChI is InChI=1S/C15H14F8N2O2/c1-4-7-8(13(26)27-5-2)11(15(21,22)23)25-10(12(16)17)9(7)24-6(3)14(18,19)20/h12H,4-5H2,1-3H3. The fourth-order valence-electron chi connectivity index (χ4n) is 2.13. The molecule has 1 heterocycles. The fraction of sp³-hybridized carbons (Fsp3) is 0.533. The minimum Gasteiger partial charge on any atom is -0.462 e. The molecule has 1 aromatic heterocycles. The largest absolute Gasteiger partial charge is 0.462 e. The Kier molecular flexibility index (Phi) is 6.89. The number of pyridine rings is 1. The van der Waals surface area contributed by atoms with Crippen molar-refractivity contribution in [3.8, 4) is 0 Å². The molecule has 0 aliphatic rings. The summed E-state index contributed by atoms with van der Waals surface area (Å²) in [6.45, 7) is 2.56. The number of rotatable bonds is 5. The number of halogens is 8. The number of hydrogen-bond acceptors (Lipinski definition) is 4. The average molecular weight is 406 g/mol. The van der Waals surface area contributed by atoms with Crippen molar-refractivity contribution < 1.29 is 44.7 Å². The average Bonchev–Trinajstić information content (AvgIpc) is 2.51. The van der Waals surface area contributed by atoms with Crippen molar-refractivity contribution >= 4 is 17.4 Å². The Hall–Kier alpha value is -2.27. The SMILES string of the molecule is CCOC(=O)c1c(C(F)(F)F)nc(C(F)F)c(N=C(C)C(F)(F)F)c1CC. The lowest BCUT2D eigenvalue weighted by atomic mass is 9.99. The van der Waals surface area contributed by atoms with Gasteiger partial charge in [-0.2, -0.15) is 26.3 Å². The lowest BCUT2D eigenvalue weighted by molar-refractivity contribution is -0.142. The zero-order chi connectivity index (χ0) is 21.2. The second-order valence-electron chi connectivity index (χ2n) is 5.12. The maximum atomic E-state index is 13.3. The molecule has 1 aromatic rings. The van der Waals surface area contributed by atoms with E-state index in [9.17, 15) is 39.9 Å². The first-order valence-corrected chi connectivity index (χ1v) is 7.47. The molecule has 4 nitrogen and oxygen atoms in total. The van der Waals surface area contributed by atoms with Gasteiger partial charge in [0.05, 0.1) is 17.9 Å². The quantitative estimate of drug-likeness (QED) is 0.372. The zero-order valence-electron chi connectivity index (χ0n) is 14.2. The molecular formula is C15H14F8N2O2. The Labute approximate surface area is 148 Å². The predicted octanol–water partition coefficient (Wildman–Crippen LogP) is 5.43. The summed E-state index contributed by atoms with van der Waals surface area (Å²) in [6.07, 6.45) is -14.5. The summed E-state index contributed by atoms with van der Waals surface area (Å²) >= 11 is 0. The third-order valence-electron chi connectivity index (χ3n) is 3.30. The molecule has 0 aliphatic heterocycles. The molecule has 0 saturated heterocycles. The van der Waals surface area contributed by atoms with Crippen molar-refractivity contribution in [1.29, 1.82) is 0 Å². The van der Waals surface area contributed by atoms with Gasteiger partial charge in [-0.3, -0.25) is 0 Å². The van der Waals surface area contributed by atoms with Crippen LogP contribution in [-0.2, 0) is 17.3 Å². The van der Waals surface area contributed by atoms with E-state index in [0.717, 1.165) is 0 Å². The van der Waals surface area contributed by atoms with Gasteiger partial charge in [-0.25, -0.2) is 23.6 Å². The predicted molar refractivity (Wildman–Crippen MR) is 78.4 cm³/mol. The molecule has 0 saturated carbocycles. The fourth-order valence-corrected chi connectivity index (χ4v) is 2.13. The lowest BCUT2D eigenvalue weighted by Gasteiger charge is -2.19. The summed E-state index contributed by atoms with van der Waals surface area (Å²) in [6, 6.07) is 0. The molecule has 0 aliphatic carbocycles. The maximum Gasteiger partial charge on any atom is 0.434 e. The minimum absolute atomic E-state index is 0.351. The lowest BCUT2D eigenvalue weighted by Crippen LogP contribution is -2.22. The molecule has 1 rings (SSSR count). The van der Waals surface area contributed by atoms with Gasteiger partial charge in [-0.1, -0.05) is 6.92 Å². The molecule has 0 spiro atoms. The minimum atomic E-state index is -5.32. The molecule has 0 amide bonds. The number of hydrogen-bond donors (Lipinski definition) is 0. The molecule has 0 bridgehead atoms. The van der Waals surface area contributed by atoms with Crippen LogP contribution < -0.4 is 0 Å². The van der Waals surface area contributed by atoms with Crippen molar-refractivity contribution in [3.05, 3.63) is 22.5 Å². The van der Waals surface area contributed by atoms with Crippen molar-refractivity contribution in [1.82, 2.24) is 4.98 Å². The topological polar surface area (TPSA) is 51.5 Å². The van der Waals surface area contributed by atoms with Crippen LogP contribution >= 0.6 is 0 Å². The molecule has 0 N–H and O–H groups in total. The zero-order valence-corrected chi connectivity index (χ0v) is 14.2. The normalized spacial score (nSPS) is 13.3. The molecule has 0 atom stereocenters. The first-order valence-electron chi connectivity index (χ1n) is 7.47. The van der Waals surface area contributed by atoms with Gasteiger partial charge in [0.25, 0.3) is 6.43 Å². The van der Waals surface area contributed by atoms with Crippen molar-refractivity contribution in [2.24, 2.45) is 4.99 Å². The maximum absolute atomic E-state index is 13.3. The van der Waals surface area contributed by atoms with E-state index in [4.69, 9.17) is 0 Å². The van der Waals surface area contributed by atoms with Crippen LogP contribution in [0.25, 0.3) is 0 Å². The molecule has 12 heteroatoms. The molecule has 0 unspecified atom stereocenters. The van der Waals surface area contributed by atoms with E-state index in [0.29, 0.717) is 6.92 Å². The smallest absolute Gasteiger partial charge is 0.434 e. The molecule has 152 valence electrons.